The summed E-state index contributed by atoms with van der Waals surface area (Å²) in [5, 5.41) is 3.70. The molecule has 2 atom stereocenters. The summed E-state index contributed by atoms with van der Waals surface area (Å²) in [7, 11) is 1.74. The number of rotatable bonds is 5. The fourth-order valence-corrected chi connectivity index (χ4v) is 3.69. The van der Waals surface area contributed by atoms with Crippen molar-refractivity contribution >= 4 is 15.9 Å². The first-order valence-corrected chi connectivity index (χ1v) is 8.59. The van der Waals surface area contributed by atoms with Crippen molar-refractivity contribution in [2.45, 2.75) is 51.5 Å². The summed E-state index contributed by atoms with van der Waals surface area (Å²) < 4.78 is 6.57. The molecule has 0 aromatic heterocycles. The Morgan fingerprint density at radius 1 is 1.25 bits per heavy atom. The molecule has 112 valence electrons. The Morgan fingerprint density at radius 2 is 2.05 bits per heavy atom. The van der Waals surface area contributed by atoms with Crippen LogP contribution in [0.5, 0.6) is 5.75 Å². The van der Waals surface area contributed by atoms with Crippen molar-refractivity contribution < 1.29 is 4.74 Å². The maximum Gasteiger partial charge on any atom is 0.119 e. The third-order valence-electron chi connectivity index (χ3n) is 4.36. The number of hydrogen-bond donors (Lipinski definition) is 1. The Morgan fingerprint density at radius 3 is 2.80 bits per heavy atom. The molecule has 1 fully saturated rings. The van der Waals surface area contributed by atoms with Crippen LogP contribution in [0.1, 0.15) is 44.6 Å². The molecule has 1 aromatic rings. The second-order valence-electron chi connectivity index (χ2n) is 5.72. The lowest BCUT2D eigenvalue weighted by Gasteiger charge is -2.26. The van der Waals surface area contributed by atoms with Gasteiger partial charge in [-0.05, 0) is 55.5 Å². The van der Waals surface area contributed by atoms with E-state index in [1.54, 1.807) is 7.11 Å². The van der Waals surface area contributed by atoms with Gasteiger partial charge in [-0.2, -0.15) is 0 Å². The van der Waals surface area contributed by atoms with Gasteiger partial charge in [-0.15, -0.1) is 0 Å². The predicted molar refractivity (Wildman–Crippen MR) is 88.4 cm³/mol. The van der Waals surface area contributed by atoms with Gasteiger partial charge in [0.05, 0.1) is 7.11 Å². The van der Waals surface area contributed by atoms with Gasteiger partial charge >= 0.3 is 0 Å². The maximum atomic E-state index is 5.36. The van der Waals surface area contributed by atoms with E-state index in [-0.39, 0.29) is 0 Å². The van der Waals surface area contributed by atoms with Crippen LogP contribution in [0.2, 0.25) is 0 Å². The summed E-state index contributed by atoms with van der Waals surface area (Å²) >= 11 is 3.69. The fourth-order valence-electron chi connectivity index (χ4n) is 3.28. The Labute approximate surface area is 131 Å². The lowest BCUT2D eigenvalue weighted by Crippen LogP contribution is -2.36. The van der Waals surface area contributed by atoms with Crippen LogP contribution in [0.25, 0.3) is 0 Å². The minimum atomic E-state index is 0.667. The van der Waals surface area contributed by atoms with Gasteiger partial charge in [0.25, 0.3) is 0 Å². The van der Waals surface area contributed by atoms with Crippen molar-refractivity contribution in [3.05, 3.63) is 28.2 Å². The molecule has 20 heavy (non-hydrogen) atoms. The van der Waals surface area contributed by atoms with Crippen LogP contribution >= 0.6 is 15.9 Å². The lowest BCUT2D eigenvalue weighted by atomic mass is 9.88. The zero-order valence-electron chi connectivity index (χ0n) is 12.6. The molecule has 0 heterocycles. The number of ether oxygens (including phenoxy) is 1. The van der Waals surface area contributed by atoms with Crippen LogP contribution in [0.4, 0.5) is 0 Å². The third-order valence-corrected chi connectivity index (χ3v) is 5.13. The molecular weight excluding hydrogens is 314 g/mol. The summed E-state index contributed by atoms with van der Waals surface area (Å²) in [4.78, 5) is 0. The maximum absolute atomic E-state index is 5.36. The minimum Gasteiger partial charge on any atom is -0.497 e. The van der Waals surface area contributed by atoms with Gasteiger partial charge in [0.15, 0.2) is 0 Å². The van der Waals surface area contributed by atoms with Crippen LogP contribution in [0.3, 0.4) is 0 Å². The molecule has 1 aliphatic carbocycles. The molecule has 2 unspecified atom stereocenters. The number of halogens is 1. The molecule has 1 aromatic carbocycles. The Hall–Kier alpha value is -0.540. The molecule has 1 N–H and O–H groups in total. The number of nitrogens with one attached hydrogen (secondary N) is 1. The summed E-state index contributed by atoms with van der Waals surface area (Å²) in [6.07, 6.45) is 7.91. The summed E-state index contributed by atoms with van der Waals surface area (Å²) in [6.45, 7) is 3.28. The molecule has 0 saturated heterocycles. The highest BCUT2D eigenvalue weighted by Gasteiger charge is 2.23. The standard InChI is InChI=1S/C17H26BrNO/c1-3-19-17-8-6-4-5-7-13(17)11-14-12-15(20-2)9-10-16(14)18/h9-10,12-13,17,19H,3-8,11H2,1-2H3. The number of hydrogen-bond acceptors (Lipinski definition) is 2. The monoisotopic (exact) mass is 339 g/mol. The van der Waals surface area contributed by atoms with E-state index in [4.69, 9.17) is 4.74 Å². The van der Waals surface area contributed by atoms with Crippen LogP contribution < -0.4 is 10.1 Å². The quantitative estimate of drug-likeness (QED) is 0.794. The SMILES string of the molecule is CCNC1CCCCCC1Cc1cc(OC)ccc1Br. The van der Waals surface area contributed by atoms with Crippen molar-refractivity contribution in [3.63, 3.8) is 0 Å². The fraction of sp³-hybridized carbons (Fsp3) is 0.647. The van der Waals surface area contributed by atoms with Gasteiger partial charge < -0.3 is 10.1 Å². The molecular formula is C17H26BrNO. The minimum absolute atomic E-state index is 0.667. The molecule has 2 rings (SSSR count). The van der Waals surface area contributed by atoms with Crippen LogP contribution in [0, 0.1) is 5.92 Å². The smallest absolute Gasteiger partial charge is 0.119 e. The first-order chi connectivity index (χ1) is 9.74. The molecule has 0 amide bonds. The van der Waals surface area contributed by atoms with Gasteiger partial charge in [-0.1, -0.05) is 42.1 Å². The van der Waals surface area contributed by atoms with Gasteiger partial charge in [0.2, 0.25) is 0 Å². The second-order valence-corrected chi connectivity index (χ2v) is 6.58. The van der Waals surface area contributed by atoms with E-state index in [1.165, 1.54) is 42.1 Å². The Bertz CT molecular complexity index is 421. The zero-order chi connectivity index (χ0) is 14.4. The normalized spacial score (nSPS) is 23.4. The molecule has 0 bridgehead atoms. The molecule has 0 aliphatic heterocycles. The molecule has 2 nitrogen and oxygen atoms in total. The third kappa shape index (κ3) is 4.23. The zero-order valence-corrected chi connectivity index (χ0v) is 14.2. The first-order valence-electron chi connectivity index (χ1n) is 7.80. The molecule has 1 aliphatic rings. The highest BCUT2D eigenvalue weighted by molar-refractivity contribution is 9.10. The molecule has 0 radical (unpaired) electrons. The first kappa shape index (κ1) is 15.8. The Kier molecular flexibility index (Phi) is 6.37. The van der Waals surface area contributed by atoms with Gasteiger partial charge in [0, 0.05) is 10.5 Å². The number of methoxy groups -OCH3 is 1. The van der Waals surface area contributed by atoms with E-state index < -0.39 is 0 Å². The largest absolute Gasteiger partial charge is 0.497 e. The second kappa shape index (κ2) is 8.04. The van der Waals surface area contributed by atoms with Crippen molar-refractivity contribution in [1.29, 1.82) is 0 Å². The van der Waals surface area contributed by atoms with Crippen molar-refractivity contribution in [3.8, 4) is 5.75 Å². The lowest BCUT2D eigenvalue weighted by molar-refractivity contribution is 0.336. The van der Waals surface area contributed by atoms with E-state index in [1.807, 2.05) is 6.07 Å². The van der Waals surface area contributed by atoms with Crippen LogP contribution in [-0.4, -0.2) is 19.7 Å². The molecule has 3 heteroatoms. The summed E-state index contributed by atoms with van der Waals surface area (Å²) in [5.41, 5.74) is 1.37. The summed E-state index contributed by atoms with van der Waals surface area (Å²) in [6, 6.07) is 6.97. The predicted octanol–water partition coefficient (Wildman–Crippen LogP) is 4.56. The highest BCUT2D eigenvalue weighted by atomic mass is 79.9. The Balaban J connectivity index is 2.12. The van der Waals surface area contributed by atoms with Gasteiger partial charge in [-0.3, -0.25) is 0 Å². The molecule has 1 saturated carbocycles. The van der Waals surface area contributed by atoms with Crippen LogP contribution in [0.15, 0.2) is 22.7 Å². The van der Waals surface area contributed by atoms with Crippen LogP contribution in [-0.2, 0) is 6.42 Å². The average Bonchev–Trinajstić information content (AvgIpc) is 2.67. The van der Waals surface area contributed by atoms with E-state index in [2.05, 4.69) is 40.3 Å². The van der Waals surface area contributed by atoms with Crippen molar-refractivity contribution in [2.24, 2.45) is 5.92 Å². The number of benzene rings is 1. The highest BCUT2D eigenvalue weighted by Crippen LogP contribution is 2.31. The summed E-state index contributed by atoms with van der Waals surface area (Å²) in [5.74, 6) is 1.69. The topological polar surface area (TPSA) is 21.3 Å². The van der Waals surface area contributed by atoms with Crippen molar-refractivity contribution in [2.75, 3.05) is 13.7 Å². The van der Waals surface area contributed by atoms with E-state index in [9.17, 15) is 0 Å². The van der Waals surface area contributed by atoms with E-state index >= 15 is 0 Å². The van der Waals surface area contributed by atoms with E-state index in [0.29, 0.717) is 6.04 Å². The van der Waals surface area contributed by atoms with Crippen molar-refractivity contribution in [1.82, 2.24) is 5.32 Å². The average molecular weight is 340 g/mol. The molecule has 0 spiro atoms. The van der Waals surface area contributed by atoms with E-state index in [0.717, 1.165) is 24.6 Å². The van der Waals surface area contributed by atoms with Gasteiger partial charge in [-0.25, -0.2) is 0 Å². The van der Waals surface area contributed by atoms with Gasteiger partial charge in [0.1, 0.15) is 5.75 Å².